The summed E-state index contributed by atoms with van der Waals surface area (Å²) in [4.78, 5) is 4.25. The highest BCUT2D eigenvalue weighted by atomic mass is 32.2. The number of hydrogen-bond donors (Lipinski definition) is 2. The standard InChI is InChI=1S/C16H20FN3O4S/c1-11(18-10-16(21)5-7-25(22,23)8-6-16)15-19-14(20-24-15)12-3-2-4-13(17)9-12/h2-4,9,11,18,21H,5-8,10H2,1H3. The maximum Gasteiger partial charge on any atom is 0.243 e. The minimum Gasteiger partial charge on any atom is -0.388 e. The Morgan fingerprint density at radius 3 is 2.80 bits per heavy atom. The van der Waals surface area contributed by atoms with Crippen LogP contribution in [-0.4, -0.2) is 47.3 Å². The molecule has 1 aliphatic heterocycles. The van der Waals surface area contributed by atoms with Crippen LogP contribution in [0.25, 0.3) is 11.4 Å². The van der Waals surface area contributed by atoms with E-state index in [0.717, 1.165) is 0 Å². The molecule has 0 bridgehead atoms. The summed E-state index contributed by atoms with van der Waals surface area (Å²) in [6.07, 6.45) is 0.404. The topological polar surface area (TPSA) is 105 Å². The summed E-state index contributed by atoms with van der Waals surface area (Å²) in [6.45, 7) is 2.02. The fourth-order valence-corrected chi connectivity index (χ4v) is 4.27. The lowest BCUT2D eigenvalue weighted by atomic mass is 9.96. The van der Waals surface area contributed by atoms with E-state index in [-0.39, 0.29) is 48.6 Å². The van der Waals surface area contributed by atoms with Gasteiger partial charge in [-0.3, -0.25) is 0 Å². The van der Waals surface area contributed by atoms with Gasteiger partial charge in [-0.05, 0) is 31.9 Å². The zero-order chi connectivity index (χ0) is 18.1. The second-order valence-electron chi connectivity index (χ2n) is 6.45. The van der Waals surface area contributed by atoms with E-state index in [9.17, 15) is 17.9 Å². The maximum atomic E-state index is 13.3. The van der Waals surface area contributed by atoms with Crippen molar-refractivity contribution < 1.29 is 22.4 Å². The third-order valence-corrected chi connectivity index (χ3v) is 6.04. The van der Waals surface area contributed by atoms with Crippen molar-refractivity contribution in [1.82, 2.24) is 15.5 Å². The molecule has 1 aromatic carbocycles. The van der Waals surface area contributed by atoms with Crippen LogP contribution in [0.15, 0.2) is 28.8 Å². The molecule has 1 saturated heterocycles. The van der Waals surface area contributed by atoms with E-state index in [2.05, 4.69) is 15.5 Å². The van der Waals surface area contributed by atoms with Crippen LogP contribution in [0, 0.1) is 5.82 Å². The van der Waals surface area contributed by atoms with E-state index in [1.165, 1.54) is 12.1 Å². The first-order chi connectivity index (χ1) is 11.8. The lowest BCUT2D eigenvalue weighted by molar-refractivity contribution is 0.0275. The van der Waals surface area contributed by atoms with Crippen molar-refractivity contribution in [1.29, 1.82) is 0 Å². The summed E-state index contributed by atoms with van der Waals surface area (Å²) < 4.78 is 41.4. The molecule has 1 aliphatic rings. The monoisotopic (exact) mass is 369 g/mol. The van der Waals surface area contributed by atoms with Gasteiger partial charge in [-0.15, -0.1) is 0 Å². The summed E-state index contributed by atoms with van der Waals surface area (Å²) in [5.41, 5.74) is -0.552. The number of hydrogen-bond acceptors (Lipinski definition) is 7. The van der Waals surface area contributed by atoms with Crippen LogP contribution >= 0.6 is 0 Å². The smallest absolute Gasteiger partial charge is 0.243 e. The van der Waals surface area contributed by atoms with Crippen LogP contribution in [0.3, 0.4) is 0 Å². The van der Waals surface area contributed by atoms with Gasteiger partial charge in [0, 0.05) is 12.1 Å². The molecule has 1 unspecified atom stereocenters. The number of halogens is 1. The zero-order valence-corrected chi connectivity index (χ0v) is 14.6. The largest absolute Gasteiger partial charge is 0.388 e. The van der Waals surface area contributed by atoms with Gasteiger partial charge in [0.05, 0.1) is 23.1 Å². The number of rotatable bonds is 5. The van der Waals surface area contributed by atoms with Crippen molar-refractivity contribution in [2.24, 2.45) is 0 Å². The summed E-state index contributed by atoms with van der Waals surface area (Å²) in [6, 6.07) is 5.56. The Kier molecular flexibility index (Phi) is 4.90. The normalized spacial score (nSPS) is 20.3. The van der Waals surface area contributed by atoms with Gasteiger partial charge in [0.15, 0.2) is 9.84 Å². The van der Waals surface area contributed by atoms with Crippen LogP contribution in [0.5, 0.6) is 0 Å². The summed E-state index contributed by atoms with van der Waals surface area (Å²) in [5, 5.41) is 17.4. The molecule has 0 radical (unpaired) electrons. The molecule has 0 amide bonds. The van der Waals surface area contributed by atoms with E-state index >= 15 is 0 Å². The molecule has 136 valence electrons. The van der Waals surface area contributed by atoms with Crippen molar-refractivity contribution in [3.63, 3.8) is 0 Å². The number of aliphatic hydroxyl groups is 1. The molecule has 0 aliphatic carbocycles. The molecule has 0 saturated carbocycles. The molecule has 1 atom stereocenters. The fourth-order valence-electron chi connectivity index (χ4n) is 2.68. The van der Waals surface area contributed by atoms with E-state index in [0.29, 0.717) is 11.5 Å². The van der Waals surface area contributed by atoms with Gasteiger partial charge in [0.1, 0.15) is 5.82 Å². The average molecular weight is 369 g/mol. The highest BCUT2D eigenvalue weighted by Crippen LogP contribution is 2.24. The SMILES string of the molecule is CC(NCC1(O)CCS(=O)(=O)CC1)c1nc(-c2cccc(F)c2)no1. The zero-order valence-electron chi connectivity index (χ0n) is 13.8. The molecule has 25 heavy (non-hydrogen) atoms. The van der Waals surface area contributed by atoms with Crippen LogP contribution in [0.2, 0.25) is 0 Å². The number of aromatic nitrogens is 2. The van der Waals surface area contributed by atoms with Gasteiger partial charge < -0.3 is 14.9 Å². The number of nitrogens with one attached hydrogen (secondary N) is 1. The van der Waals surface area contributed by atoms with E-state index < -0.39 is 15.4 Å². The molecule has 3 rings (SSSR count). The lowest BCUT2D eigenvalue weighted by Crippen LogP contribution is -2.47. The minimum atomic E-state index is -3.03. The quantitative estimate of drug-likeness (QED) is 0.822. The van der Waals surface area contributed by atoms with Crippen LogP contribution < -0.4 is 5.32 Å². The van der Waals surface area contributed by atoms with E-state index in [1.807, 2.05) is 0 Å². The van der Waals surface area contributed by atoms with Crippen molar-refractivity contribution in [3.8, 4) is 11.4 Å². The average Bonchev–Trinajstić information content (AvgIpc) is 3.06. The molecule has 0 spiro atoms. The van der Waals surface area contributed by atoms with Crippen molar-refractivity contribution in [2.45, 2.75) is 31.4 Å². The Hall–Kier alpha value is -1.84. The molecule has 9 heteroatoms. The first-order valence-electron chi connectivity index (χ1n) is 8.02. The molecule has 2 heterocycles. The second-order valence-corrected chi connectivity index (χ2v) is 8.75. The Morgan fingerprint density at radius 1 is 1.40 bits per heavy atom. The fraction of sp³-hybridized carbons (Fsp3) is 0.500. The first-order valence-corrected chi connectivity index (χ1v) is 9.84. The van der Waals surface area contributed by atoms with Crippen LogP contribution in [-0.2, 0) is 9.84 Å². The highest BCUT2D eigenvalue weighted by Gasteiger charge is 2.35. The molecule has 2 aromatic rings. The minimum absolute atomic E-state index is 0.0101. The molecule has 7 nitrogen and oxygen atoms in total. The predicted octanol–water partition coefficient (Wildman–Crippen LogP) is 1.47. The second kappa shape index (κ2) is 6.81. The van der Waals surface area contributed by atoms with Gasteiger partial charge in [-0.25, -0.2) is 12.8 Å². The van der Waals surface area contributed by atoms with Gasteiger partial charge >= 0.3 is 0 Å². The van der Waals surface area contributed by atoms with Crippen molar-refractivity contribution >= 4 is 9.84 Å². The number of benzene rings is 1. The number of nitrogens with zero attached hydrogens (tertiary/aromatic N) is 2. The predicted molar refractivity (Wildman–Crippen MR) is 88.9 cm³/mol. The van der Waals surface area contributed by atoms with Crippen LogP contribution in [0.4, 0.5) is 4.39 Å². The van der Waals surface area contributed by atoms with E-state index in [1.54, 1.807) is 19.1 Å². The van der Waals surface area contributed by atoms with Crippen LogP contribution in [0.1, 0.15) is 31.7 Å². The van der Waals surface area contributed by atoms with Gasteiger partial charge in [0.25, 0.3) is 0 Å². The Labute approximate surface area is 145 Å². The van der Waals surface area contributed by atoms with Crippen molar-refractivity contribution in [2.75, 3.05) is 18.1 Å². The first kappa shape index (κ1) is 18.0. The molecular formula is C16H20FN3O4S. The third kappa shape index (κ3) is 4.42. The molecule has 2 N–H and O–H groups in total. The molecule has 1 fully saturated rings. The highest BCUT2D eigenvalue weighted by molar-refractivity contribution is 7.91. The van der Waals surface area contributed by atoms with Gasteiger partial charge in [-0.1, -0.05) is 17.3 Å². The summed E-state index contributed by atoms with van der Waals surface area (Å²) in [7, 11) is -3.03. The summed E-state index contributed by atoms with van der Waals surface area (Å²) >= 11 is 0. The van der Waals surface area contributed by atoms with Gasteiger partial charge in [-0.2, -0.15) is 4.98 Å². The lowest BCUT2D eigenvalue weighted by Gasteiger charge is -2.32. The van der Waals surface area contributed by atoms with Gasteiger partial charge in [0.2, 0.25) is 11.7 Å². The number of sulfone groups is 1. The maximum absolute atomic E-state index is 13.3. The Morgan fingerprint density at radius 2 is 2.12 bits per heavy atom. The molecule has 1 aromatic heterocycles. The summed E-state index contributed by atoms with van der Waals surface area (Å²) in [5.74, 6) is 0.189. The third-order valence-electron chi connectivity index (χ3n) is 4.39. The van der Waals surface area contributed by atoms with Crippen molar-refractivity contribution in [3.05, 3.63) is 36.0 Å². The Bertz CT molecular complexity index is 839. The molecular weight excluding hydrogens is 349 g/mol. The Balaban J connectivity index is 1.62. The van der Waals surface area contributed by atoms with E-state index in [4.69, 9.17) is 4.52 Å².